The largest absolute Gasteiger partial charge is 0.492 e. The zero-order valence-corrected chi connectivity index (χ0v) is 14.3. The molecule has 1 aliphatic rings. The van der Waals surface area contributed by atoms with Crippen LogP contribution in [0.5, 0.6) is 5.75 Å². The molecule has 0 radical (unpaired) electrons. The molecule has 2 heterocycles. The lowest BCUT2D eigenvalue weighted by atomic mass is 10.2. The number of hydrogen-bond donors (Lipinski definition) is 0. The molecule has 1 aliphatic heterocycles. The van der Waals surface area contributed by atoms with Crippen molar-refractivity contribution in [3.63, 3.8) is 0 Å². The van der Waals surface area contributed by atoms with Crippen LogP contribution in [0, 0.1) is 12.7 Å². The molecule has 6 heteroatoms. The Morgan fingerprint density at radius 3 is 2.60 bits per heavy atom. The maximum absolute atomic E-state index is 12.9. The number of ether oxygens (including phenoxy) is 1. The van der Waals surface area contributed by atoms with E-state index in [2.05, 4.69) is 9.88 Å². The summed E-state index contributed by atoms with van der Waals surface area (Å²) >= 11 is 0. The van der Waals surface area contributed by atoms with E-state index in [1.165, 1.54) is 12.1 Å². The van der Waals surface area contributed by atoms with Gasteiger partial charge in [0, 0.05) is 32.7 Å². The number of carbonyl (C=O) groups is 1. The number of carbonyl (C=O) groups excluding carboxylic acids is 1. The summed E-state index contributed by atoms with van der Waals surface area (Å²) in [5.74, 6) is 0.338. The van der Waals surface area contributed by atoms with Gasteiger partial charge in [0.1, 0.15) is 23.9 Å². The lowest BCUT2D eigenvalue weighted by Crippen LogP contribution is -2.49. The summed E-state index contributed by atoms with van der Waals surface area (Å²) in [5, 5.41) is 0. The van der Waals surface area contributed by atoms with Gasteiger partial charge < -0.3 is 9.64 Å². The molecular weight excluding hydrogens is 321 g/mol. The van der Waals surface area contributed by atoms with Crippen molar-refractivity contribution in [3.8, 4) is 5.75 Å². The number of aryl methyl sites for hydroxylation is 1. The van der Waals surface area contributed by atoms with E-state index in [4.69, 9.17) is 4.74 Å². The molecule has 2 aromatic rings. The van der Waals surface area contributed by atoms with E-state index in [0.29, 0.717) is 19.7 Å². The van der Waals surface area contributed by atoms with Crippen molar-refractivity contribution in [2.24, 2.45) is 0 Å². The molecule has 1 fully saturated rings. The van der Waals surface area contributed by atoms with Crippen LogP contribution in [0.15, 0.2) is 42.6 Å². The summed E-state index contributed by atoms with van der Waals surface area (Å²) in [4.78, 5) is 20.3. The molecule has 132 valence electrons. The highest BCUT2D eigenvalue weighted by molar-refractivity contribution is 5.92. The van der Waals surface area contributed by atoms with Crippen LogP contribution in [0.2, 0.25) is 0 Å². The highest BCUT2D eigenvalue weighted by Crippen LogP contribution is 2.16. The fourth-order valence-corrected chi connectivity index (χ4v) is 2.84. The van der Waals surface area contributed by atoms with E-state index in [1.807, 2.05) is 31.2 Å². The Balaban J connectivity index is 1.43. The van der Waals surface area contributed by atoms with E-state index < -0.39 is 5.82 Å². The van der Waals surface area contributed by atoms with E-state index in [1.54, 1.807) is 4.90 Å². The average molecular weight is 343 g/mol. The van der Waals surface area contributed by atoms with Crippen LogP contribution in [0.4, 0.5) is 4.39 Å². The molecule has 0 saturated carbocycles. The van der Waals surface area contributed by atoms with Crippen LogP contribution in [-0.4, -0.2) is 60.0 Å². The molecule has 1 saturated heterocycles. The minimum Gasteiger partial charge on any atom is -0.492 e. The fraction of sp³-hybridized carbons (Fsp3) is 0.368. The smallest absolute Gasteiger partial charge is 0.272 e. The zero-order valence-electron chi connectivity index (χ0n) is 14.3. The van der Waals surface area contributed by atoms with Gasteiger partial charge in [-0.1, -0.05) is 18.2 Å². The predicted molar refractivity (Wildman–Crippen MR) is 93.2 cm³/mol. The van der Waals surface area contributed by atoms with Gasteiger partial charge in [0.2, 0.25) is 0 Å². The first-order valence-electron chi connectivity index (χ1n) is 8.45. The van der Waals surface area contributed by atoms with Gasteiger partial charge in [-0.25, -0.2) is 9.37 Å². The molecular formula is C19H22FN3O2. The minimum atomic E-state index is -0.435. The Bertz CT molecular complexity index is 713. The van der Waals surface area contributed by atoms with Crippen LogP contribution in [0.1, 0.15) is 16.1 Å². The summed E-state index contributed by atoms with van der Waals surface area (Å²) in [5.41, 5.74) is 1.42. The molecule has 0 unspecified atom stereocenters. The van der Waals surface area contributed by atoms with E-state index in [9.17, 15) is 9.18 Å². The number of halogens is 1. The quantitative estimate of drug-likeness (QED) is 0.836. The van der Waals surface area contributed by atoms with Crippen molar-refractivity contribution in [3.05, 3.63) is 59.7 Å². The number of pyridine rings is 1. The van der Waals surface area contributed by atoms with Gasteiger partial charge in [-0.15, -0.1) is 0 Å². The molecule has 0 spiro atoms. The number of rotatable bonds is 5. The molecule has 0 N–H and O–H groups in total. The van der Waals surface area contributed by atoms with Gasteiger partial charge in [0.05, 0.1) is 6.20 Å². The molecule has 5 nitrogen and oxygen atoms in total. The number of amides is 1. The summed E-state index contributed by atoms with van der Waals surface area (Å²) < 4.78 is 18.7. The molecule has 0 atom stereocenters. The number of nitrogens with zero attached hydrogens (tertiary/aromatic N) is 3. The number of aromatic nitrogens is 1. The van der Waals surface area contributed by atoms with Crippen molar-refractivity contribution < 1.29 is 13.9 Å². The highest BCUT2D eigenvalue weighted by Gasteiger charge is 2.22. The number of para-hydroxylation sites is 1. The molecule has 1 aromatic carbocycles. The maximum atomic E-state index is 12.9. The Morgan fingerprint density at radius 2 is 1.92 bits per heavy atom. The third kappa shape index (κ3) is 4.54. The monoisotopic (exact) mass is 343 g/mol. The number of benzene rings is 1. The third-order valence-electron chi connectivity index (χ3n) is 4.36. The molecule has 25 heavy (non-hydrogen) atoms. The fourth-order valence-electron chi connectivity index (χ4n) is 2.84. The molecule has 0 aliphatic carbocycles. The Labute approximate surface area is 147 Å². The second kappa shape index (κ2) is 8.07. The van der Waals surface area contributed by atoms with Crippen molar-refractivity contribution in [2.45, 2.75) is 6.92 Å². The predicted octanol–water partition coefficient (Wildman–Crippen LogP) is 2.37. The molecule has 1 amide bonds. The summed E-state index contributed by atoms with van der Waals surface area (Å²) in [6.45, 7) is 6.35. The molecule has 1 aromatic heterocycles. The minimum absolute atomic E-state index is 0.143. The second-order valence-electron chi connectivity index (χ2n) is 6.11. The van der Waals surface area contributed by atoms with Gasteiger partial charge in [-0.05, 0) is 30.7 Å². The van der Waals surface area contributed by atoms with Crippen molar-refractivity contribution in [2.75, 3.05) is 39.3 Å². The lowest BCUT2D eigenvalue weighted by Gasteiger charge is -2.34. The van der Waals surface area contributed by atoms with Crippen molar-refractivity contribution in [1.82, 2.24) is 14.8 Å². The van der Waals surface area contributed by atoms with Gasteiger partial charge >= 0.3 is 0 Å². The van der Waals surface area contributed by atoms with Crippen LogP contribution >= 0.6 is 0 Å². The summed E-state index contributed by atoms with van der Waals surface area (Å²) in [6.07, 6.45) is 1.08. The number of hydrogen-bond acceptors (Lipinski definition) is 4. The van der Waals surface area contributed by atoms with E-state index in [-0.39, 0.29) is 11.6 Å². The summed E-state index contributed by atoms with van der Waals surface area (Å²) in [7, 11) is 0. The van der Waals surface area contributed by atoms with E-state index >= 15 is 0 Å². The Morgan fingerprint density at radius 1 is 1.16 bits per heavy atom. The Kier molecular flexibility index (Phi) is 5.60. The SMILES string of the molecule is Cc1ccccc1OCCN1CCN(C(=O)c2ccc(F)cn2)CC1. The zero-order chi connectivity index (χ0) is 17.6. The topological polar surface area (TPSA) is 45.7 Å². The maximum Gasteiger partial charge on any atom is 0.272 e. The normalized spacial score (nSPS) is 15.2. The average Bonchev–Trinajstić information content (AvgIpc) is 2.64. The number of piperazine rings is 1. The second-order valence-corrected chi connectivity index (χ2v) is 6.11. The third-order valence-corrected chi connectivity index (χ3v) is 4.36. The van der Waals surface area contributed by atoms with Crippen LogP contribution in [0.25, 0.3) is 0 Å². The summed E-state index contributed by atoms with van der Waals surface area (Å²) in [6, 6.07) is 10.7. The first-order chi connectivity index (χ1) is 12.1. The van der Waals surface area contributed by atoms with Crippen LogP contribution in [-0.2, 0) is 0 Å². The molecule has 0 bridgehead atoms. The van der Waals surface area contributed by atoms with Crippen molar-refractivity contribution >= 4 is 5.91 Å². The standard InChI is InChI=1S/C19H22FN3O2/c1-15-4-2-3-5-18(15)25-13-12-22-8-10-23(11-9-22)19(24)17-7-6-16(20)14-21-17/h2-7,14H,8-13H2,1H3. The highest BCUT2D eigenvalue weighted by atomic mass is 19.1. The van der Waals surface area contributed by atoms with Gasteiger partial charge in [-0.3, -0.25) is 9.69 Å². The van der Waals surface area contributed by atoms with Crippen LogP contribution in [0.3, 0.4) is 0 Å². The van der Waals surface area contributed by atoms with Crippen molar-refractivity contribution in [1.29, 1.82) is 0 Å². The Hall–Kier alpha value is -2.47. The van der Waals surface area contributed by atoms with Gasteiger partial charge in [0.15, 0.2) is 0 Å². The molecule has 3 rings (SSSR count). The lowest BCUT2D eigenvalue weighted by molar-refractivity contribution is 0.0614. The van der Waals surface area contributed by atoms with Crippen LogP contribution < -0.4 is 4.74 Å². The first kappa shape index (κ1) is 17.4. The van der Waals surface area contributed by atoms with Gasteiger partial charge in [-0.2, -0.15) is 0 Å². The van der Waals surface area contributed by atoms with Gasteiger partial charge in [0.25, 0.3) is 5.91 Å². The van der Waals surface area contributed by atoms with E-state index in [0.717, 1.165) is 37.1 Å². The first-order valence-corrected chi connectivity index (χ1v) is 8.45.